The molecule has 1 aliphatic rings. The fourth-order valence-corrected chi connectivity index (χ4v) is 1.80. The molecule has 6 heteroatoms. The number of rotatable bonds is 4. The molecule has 3 N–H and O–H groups in total. The lowest BCUT2D eigenvalue weighted by atomic mass is 10.2. The molecule has 0 atom stereocenters. The number of carbonyl (C=O) groups excluding carboxylic acids is 1. The number of nitrogens with two attached hydrogens (primary N) is 1. The molecule has 102 valence electrons. The topological polar surface area (TPSA) is 88.6 Å². The lowest BCUT2D eigenvalue weighted by Gasteiger charge is -2.26. The van der Waals surface area contributed by atoms with E-state index in [9.17, 15) is 4.79 Å². The second kappa shape index (κ2) is 6.19. The maximum absolute atomic E-state index is 11.9. The first-order chi connectivity index (χ1) is 9.16. The van der Waals surface area contributed by atoms with E-state index in [1.54, 1.807) is 29.2 Å². The van der Waals surface area contributed by atoms with E-state index >= 15 is 0 Å². The maximum Gasteiger partial charge on any atom is 0.260 e. The van der Waals surface area contributed by atoms with Crippen LogP contribution < -0.4 is 10.5 Å². The van der Waals surface area contributed by atoms with Gasteiger partial charge in [0.15, 0.2) is 6.61 Å². The Labute approximate surface area is 111 Å². The van der Waals surface area contributed by atoms with Gasteiger partial charge in [-0.05, 0) is 12.1 Å². The van der Waals surface area contributed by atoms with Gasteiger partial charge in [0.05, 0.1) is 13.2 Å². The quantitative estimate of drug-likeness (QED) is 0.600. The maximum atomic E-state index is 11.9. The fourth-order valence-electron chi connectivity index (χ4n) is 1.80. The van der Waals surface area contributed by atoms with Crippen LogP contribution in [-0.4, -0.2) is 49.6 Å². The highest BCUT2D eigenvalue weighted by Gasteiger charge is 2.17. The molecule has 1 aromatic carbocycles. The van der Waals surface area contributed by atoms with E-state index in [0.717, 1.165) is 0 Å². The predicted octanol–water partition coefficient (Wildman–Crippen LogP) is 0.208. The van der Waals surface area contributed by atoms with Crippen molar-refractivity contribution in [3.8, 4) is 5.75 Å². The summed E-state index contributed by atoms with van der Waals surface area (Å²) in [6.07, 6.45) is 0. The predicted molar refractivity (Wildman–Crippen MR) is 70.4 cm³/mol. The zero-order valence-electron chi connectivity index (χ0n) is 10.6. The molecule has 0 saturated carbocycles. The zero-order chi connectivity index (χ0) is 13.7. The van der Waals surface area contributed by atoms with Crippen molar-refractivity contribution in [1.82, 2.24) is 4.90 Å². The lowest BCUT2D eigenvalue weighted by molar-refractivity contribution is -0.137. The molecule has 19 heavy (non-hydrogen) atoms. The molecule has 2 rings (SSSR count). The van der Waals surface area contributed by atoms with Gasteiger partial charge in [-0.15, -0.1) is 0 Å². The highest BCUT2D eigenvalue weighted by molar-refractivity contribution is 5.95. The second-order valence-electron chi connectivity index (χ2n) is 4.22. The number of nitrogens with zero attached hydrogens (tertiary/aromatic N) is 1. The molecule has 0 bridgehead atoms. The summed E-state index contributed by atoms with van der Waals surface area (Å²) in [6.45, 7) is 2.35. The monoisotopic (exact) mass is 263 g/mol. The van der Waals surface area contributed by atoms with E-state index in [0.29, 0.717) is 37.6 Å². The fraction of sp³-hybridized carbons (Fsp3) is 0.385. The van der Waals surface area contributed by atoms with Crippen molar-refractivity contribution in [2.45, 2.75) is 0 Å². The molecular formula is C13H17N3O3. The van der Waals surface area contributed by atoms with Crippen LogP contribution in [0.2, 0.25) is 0 Å². The van der Waals surface area contributed by atoms with Crippen molar-refractivity contribution in [1.29, 1.82) is 5.41 Å². The Kier molecular flexibility index (Phi) is 4.35. The molecular weight excluding hydrogens is 246 g/mol. The minimum absolute atomic E-state index is 0.0125. The number of carbonyl (C=O) groups is 1. The van der Waals surface area contributed by atoms with Crippen LogP contribution in [0.3, 0.4) is 0 Å². The van der Waals surface area contributed by atoms with Gasteiger partial charge in [0, 0.05) is 18.7 Å². The Balaban J connectivity index is 1.89. The average Bonchev–Trinajstić information content (AvgIpc) is 2.46. The van der Waals surface area contributed by atoms with E-state index in [-0.39, 0.29) is 18.3 Å². The summed E-state index contributed by atoms with van der Waals surface area (Å²) >= 11 is 0. The van der Waals surface area contributed by atoms with Crippen LogP contribution in [0.15, 0.2) is 24.3 Å². The first kappa shape index (κ1) is 13.4. The lowest BCUT2D eigenvalue weighted by Crippen LogP contribution is -2.42. The SMILES string of the molecule is N=C(N)c1cccc(OCC(=O)N2CCOCC2)c1. The molecule has 0 unspecified atom stereocenters. The van der Waals surface area contributed by atoms with Gasteiger partial charge in [0.2, 0.25) is 0 Å². The standard InChI is InChI=1S/C13H17N3O3/c14-13(15)10-2-1-3-11(8-10)19-9-12(17)16-4-6-18-7-5-16/h1-3,8H,4-7,9H2,(H3,14,15). The number of hydrogen-bond acceptors (Lipinski definition) is 4. The van der Waals surface area contributed by atoms with Crippen LogP contribution in [0.5, 0.6) is 5.75 Å². The molecule has 6 nitrogen and oxygen atoms in total. The Morgan fingerprint density at radius 1 is 1.42 bits per heavy atom. The van der Waals surface area contributed by atoms with Gasteiger partial charge >= 0.3 is 0 Å². The van der Waals surface area contributed by atoms with Gasteiger partial charge in [-0.1, -0.05) is 12.1 Å². The first-order valence-electron chi connectivity index (χ1n) is 6.09. The number of benzene rings is 1. The van der Waals surface area contributed by atoms with Crippen LogP contribution in [-0.2, 0) is 9.53 Å². The van der Waals surface area contributed by atoms with Gasteiger partial charge in [-0.3, -0.25) is 10.2 Å². The summed E-state index contributed by atoms with van der Waals surface area (Å²) in [6, 6.07) is 6.85. The second-order valence-corrected chi connectivity index (χ2v) is 4.22. The zero-order valence-corrected chi connectivity index (χ0v) is 10.6. The summed E-state index contributed by atoms with van der Waals surface area (Å²) in [5, 5.41) is 7.34. The third-order valence-electron chi connectivity index (χ3n) is 2.87. The Morgan fingerprint density at radius 2 is 2.16 bits per heavy atom. The van der Waals surface area contributed by atoms with E-state index in [1.165, 1.54) is 0 Å². The molecule has 1 saturated heterocycles. The summed E-state index contributed by atoms with van der Waals surface area (Å²) in [5.74, 6) is 0.454. The van der Waals surface area contributed by atoms with Crippen molar-refractivity contribution in [3.05, 3.63) is 29.8 Å². The van der Waals surface area contributed by atoms with Gasteiger partial charge in [-0.25, -0.2) is 0 Å². The molecule has 1 amide bonds. The summed E-state index contributed by atoms with van der Waals surface area (Å²) in [4.78, 5) is 13.6. The number of amides is 1. The van der Waals surface area contributed by atoms with Crippen molar-refractivity contribution in [2.24, 2.45) is 5.73 Å². The minimum atomic E-state index is -0.0588. The molecule has 1 aliphatic heterocycles. The highest BCUT2D eigenvalue weighted by atomic mass is 16.5. The van der Waals surface area contributed by atoms with Crippen molar-refractivity contribution in [2.75, 3.05) is 32.9 Å². The van der Waals surface area contributed by atoms with Gasteiger partial charge in [0.25, 0.3) is 5.91 Å². The highest BCUT2D eigenvalue weighted by Crippen LogP contribution is 2.13. The largest absolute Gasteiger partial charge is 0.484 e. The third-order valence-corrected chi connectivity index (χ3v) is 2.87. The minimum Gasteiger partial charge on any atom is -0.484 e. The molecule has 0 spiro atoms. The smallest absolute Gasteiger partial charge is 0.260 e. The Bertz CT molecular complexity index is 470. The molecule has 1 heterocycles. The van der Waals surface area contributed by atoms with Gasteiger partial charge < -0.3 is 20.1 Å². The number of nitrogens with one attached hydrogen (secondary N) is 1. The van der Waals surface area contributed by atoms with Crippen LogP contribution in [0.4, 0.5) is 0 Å². The van der Waals surface area contributed by atoms with E-state index in [2.05, 4.69) is 0 Å². The van der Waals surface area contributed by atoms with E-state index in [1.807, 2.05) is 0 Å². The average molecular weight is 263 g/mol. The first-order valence-corrected chi connectivity index (χ1v) is 6.09. The van der Waals surface area contributed by atoms with E-state index < -0.39 is 0 Å². The van der Waals surface area contributed by atoms with E-state index in [4.69, 9.17) is 20.6 Å². The van der Waals surface area contributed by atoms with Crippen molar-refractivity contribution >= 4 is 11.7 Å². The third kappa shape index (κ3) is 3.69. The summed E-state index contributed by atoms with van der Waals surface area (Å²) in [5.41, 5.74) is 5.97. The molecule has 0 aromatic heterocycles. The summed E-state index contributed by atoms with van der Waals surface area (Å²) < 4.78 is 10.6. The van der Waals surface area contributed by atoms with Gasteiger partial charge in [0.1, 0.15) is 11.6 Å². The number of hydrogen-bond donors (Lipinski definition) is 2. The molecule has 0 radical (unpaired) electrons. The molecule has 1 aromatic rings. The number of ether oxygens (including phenoxy) is 2. The van der Waals surface area contributed by atoms with Crippen molar-refractivity contribution in [3.63, 3.8) is 0 Å². The van der Waals surface area contributed by atoms with Crippen LogP contribution >= 0.6 is 0 Å². The van der Waals surface area contributed by atoms with Crippen LogP contribution in [0, 0.1) is 5.41 Å². The summed E-state index contributed by atoms with van der Waals surface area (Å²) in [7, 11) is 0. The number of amidine groups is 1. The molecule has 1 fully saturated rings. The Hall–Kier alpha value is -2.08. The van der Waals surface area contributed by atoms with Crippen molar-refractivity contribution < 1.29 is 14.3 Å². The number of nitrogen functional groups attached to an aromatic ring is 1. The van der Waals surface area contributed by atoms with Gasteiger partial charge in [-0.2, -0.15) is 0 Å². The molecule has 0 aliphatic carbocycles. The van der Waals surface area contributed by atoms with Crippen LogP contribution in [0.1, 0.15) is 5.56 Å². The van der Waals surface area contributed by atoms with Crippen LogP contribution in [0.25, 0.3) is 0 Å². The normalized spacial score (nSPS) is 15.1. The number of morpholine rings is 1. The Morgan fingerprint density at radius 3 is 2.84 bits per heavy atom.